The van der Waals surface area contributed by atoms with Crippen molar-refractivity contribution in [1.29, 1.82) is 5.26 Å². The first kappa shape index (κ1) is 8.68. The molecule has 0 saturated heterocycles. The second-order valence-electron chi connectivity index (χ2n) is 2.46. The van der Waals surface area contributed by atoms with Gasteiger partial charge in [-0.3, -0.25) is 0 Å². The van der Waals surface area contributed by atoms with Crippen molar-refractivity contribution in [2.75, 3.05) is 0 Å². The molecule has 1 unspecified atom stereocenters. The standard InChI is InChI=1S/C7H10N4O/c1-2-6(12)4-11-5-9-7(3-8)10-11/h5-6,12H,2,4H2,1H3. The Labute approximate surface area is 70.3 Å². The minimum atomic E-state index is -0.418. The van der Waals surface area contributed by atoms with Crippen LogP contribution in [-0.4, -0.2) is 26.0 Å². The number of nitrogens with zero attached hydrogens (tertiary/aromatic N) is 4. The predicted molar refractivity (Wildman–Crippen MR) is 41.0 cm³/mol. The highest BCUT2D eigenvalue weighted by atomic mass is 16.3. The van der Waals surface area contributed by atoms with Gasteiger partial charge in [-0.2, -0.15) is 5.26 Å². The number of hydrogen-bond acceptors (Lipinski definition) is 4. The third-order valence-corrected chi connectivity index (χ3v) is 1.51. The minimum absolute atomic E-state index is 0.137. The summed E-state index contributed by atoms with van der Waals surface area (Å²) in [4.78, 5) is 3.70. The molecule has 1 aromatic rings. The molecule has 12 heavy (non-hydrogen) atoms. The van der Waals surface area contributed by atoms with Crippen molar-refractivity contribution in [3.8, 4) is 6.07 Å². The number of nitriles is 1. The summed E-state index contributed by atoms with van der Waals surface area (Å²) in [6.45, 7) is 2.28. The van der Waals surface area contributed by atoms with Crippen LogP contribution < -0.4 is 0 Å². The zero-order valence-corrected chi connectivity index (χ0v) is 6.80. The van der Waals surface area contributed by atoms with E-state index in [0.717, 1.165) is 0 Å². The SMILES string of the molecule is CCC(O)Cn1cnc(C#N)n1. The first-order valence-corrected chi connectivity index (χ1v) is 3.74. The summed E-state index contributed by atoms with van der Waals surface area (Å²) in [6, 6.07) is 1.81. The average Bonchev–Trinajstić information content (AvgIpc) is 2.52. The van der Waals surface area contributed by atoms with Gasteiger partial charge in [-0.05, 0) is 6.42 Å². The van der Waals surface area contributed by atoms with Gasteiger partial charge in [-0.1, -0.05) is 6.92 Å². The molecule has 0 spiro atoms. The van der Waals surface area contributed by atoms with Gasteiger partial charge < -0.3 is 5.11 Å². The average molecular weight is 166 g/mol. The molecule has 0 saturated carbocycles. The van der Waals surface area contributed by atoms with Crippen molar-refractivity contribution in [2.24, 2.45) is 0 Å². The van der Waals surface area contributed by atoms with Gasteiger partial charge in [0.15, 0.2) is 0 Å². The summed E-state index contributed by atoms with van der Waals surface area (Å²) in [6.07, 6.45) is 1.69. The fraction of sp³-hybridized carbons (Fsp3) is 0.571. The monoisotopic (exact) mass is 166 g/mol. The molecule has 0 aromatic carbocycles. The lowest BCUT2D eigenvalue weighted by atomic mass is 10.3. The maximum atomic E-state index is 9.22. The Morgan fingerprint density at radius 1 is 1.83 bits per heavy atom. The van der Waals surface area contributed by atoms with Gasteiger partial charge in [-0.25, -0.2) is 9.67 Å². The van der Waals surface area contributed by atoms with E-state index in [-0.39, 0.29) is 5.82 Å². The highest BCUT2D eigenvalue weighted by Gasteiger charge is 2.03. The van der Waals surface area contributed by atoms with Gasteiger partial charge in [0.1, 0.15) is 12.4 Å². The van der Waals surface area contributed by atoms with Crippen LogP contribution >= 0.6 is 0 Å². The lowest BCUT2D eigenvalue weighted by Gasteiger charge is -2.05. The molecule has 1 N–H and O–H groups in total. The van der Waals surface area contributed by atoms with Gasteiger partial charge in [0.05, 0.1) is 12.6 Å². The van der Waals surface area contributed by atoms with E-state index in [1.165, 1.54) is 11.0 Å². The summed E-state index contributed by atoms with van der Waals surface area (Å²) in [5, 5.41) is 21.4. The molecule has 1 rings (SSSR count). The number of aromatic nitrogens is 3. The maximum Gasteiger partial charge on any atom is 0.252 e. The third kappa shape index (κ3) is 2.04. The minimum Gasteiger partial charge on any atom is -0.391 e. The zero-order chi connectivity index (χ0) is 8.97. The summed E-state index contributed by atoms with van der Waals surface area (Å²) < 4.78 is 1.46. The molecule has 0 amide bonds. The first-order chi connectivity index (χ1) is 5.76. The Balaban J connectivity index is 2.59. The normalized spacial score (nSPS) is 12.4. The Hall–Kier alpha value is -1.41. The van der Waals surface area contributed by atoms with Crippen molar-refractivity contribution in [3.05, 3.63) is 12.2 Å². The molecule has 5 heteroatoms. The maximum absolute atomic E-state index is 9.22. The van der Waals surface area contributed by atoms with Crippen molar-refractivity contribution >= 4 is 0 Å². The molecule has 1 atom stereocenters. The smallest absolute Gasteiger partial charge is 0.252 e. The van der Waals surface area contributed by atoms with Crippen LogP contribution in [0.1, 0.15) is 19.2 Å². The second-order valence-corrected chi connectivity index (χ2v) is 2.46. The largest absolute Gasteiger partial charge is 0.391 e. The highest BCUT2D eigenvalue weighted by Crippen LogP contribution is 1.94. The van der Waals surface area contributed by atoms with Crippen LogP contribution in [0.15, 0.2) is 6.33 Å². The third-order valence-electron chi connectivity index (χ3n) is 1.51. The van der Waals surface area contributed by atoms with Crippen LogP contribution in [0.2, 0.25) is 0 Å². The molecule has 0 radical (unpaired) electrons. The van der Waals surface area contributed by atoms with E-state index in [2.05, 4.69) is 10.1 Å². The Morgan fingerprint density at radius 2 is 2.58 bits per heavy atom. The Morgan fingerprint density at radius 3 is 3.08 bits per heavy atom. The fourth-order valence-corrected chi connectivity index (χ4v) is 0.779. The molecular formula is C7H10N4O. The van der Waals surface area contributed by atoms with Crippen LogP contribution in [-0.2, 0) is 6.54 Å². The first-order valence-electron chi connectivity index (χ1n) is 3.74. The van der Waals surface area contributed by atoms with Gasteiger partial charge in [-0.15, -0.1) is 5.10 Å². The Kier molecular flexibility index (Phi) is 2.77. The molecule has 0 aliphatic heterocycles. The Bertz CT molecular complexity index is 288. The van der Waals surface area contributed by atoms with Crippen LogP contribution in [0.3, 0.4) is 0 Å². The number of aliphatic hydroxyl groups excluding tert-OH is 1. The topological polar surface area (TPSA) is 74.7 Å². The van der Waals surface area contributed by atoms with E-state index < -0.39 is 6.10 Å². The molecule has 0 aliphatic rings. The van der Waals surface area contributed by atoms with Crippen LogP contribution in [0, 0.1) is 11.3 Å². The number of rotatable bonds is 3. The lowest BCUT2D eigenvalue weighted by Crippen LogP contribution is -2.15. The fourth-order valence-electron chi connectivity index (χ4n) is 0.779. The summed E-state index contributed by atoms with van der Waals surface area (Å²) in [5.41, 5.74) is 0. The molecule has 0 aliphatic carbocycles. The summed E-state index contributed by atoms with van der Waals surface area (Å²) >= 11 is 0. The van der Waals surface area contributed by atoms with Crippen molar-refractivity contribution in [2.45, 2.75) is 26.0 Å². The molecule has 5 nitrogen and oxygen atoms in total. The molecule has 0 bridgehead atoms. The van der Waals surface area contributed by atoms with E-state index in [0.29, 0.717) is 13.0 Å². The van der Waals surface area contributed by atoms with Gasteiger partial charge in [0.2, 0.25) is 0 Å². The van der Waals surface area contributed by atoms with Crippen LogP contribution in [0.4, 0.5) is 0 Å². The van der Waals surface area contributed by atoms with Gasteiger partial charge in [0.25, 0.3) is 5.82 Å². The number of aliphatic hydroxyl groups is 1. The summed E-state index contributed by atoms with van der Waals surface area (Å²) in [5.74, 6) is 0.137. The zero-order valence-electron chi connectivity index (χ0n) is 6.80. The number of hydrogen-bond donors (Lipinski definition) is 1. The molecule has 0 fully saturated rings. The van der Waals surface area contributed by atoms with Crippen LogP contribution in [0.5, 0.6) is 0 Å². The van der Waals surface area contributed by atoms with E-state index >= 15 is 0 Å². The molecule has 64 valence electrons. The van der Waals surface area contributed by atoms with Crippen molar-refractivity contribution < 1.29 is 5.11 Å². The summed E-state index contributed by atoms with van der Waals surface area (Å²) in [7, 11) is 0. The lowest BCUT2D eigenvalue weighted by molar-refractivity contribution is 0.145. The van der Waals surface area contributed by atoms with E-state index in [9.17, 15) is 5.11 Å². The molecule has 1 aromatic heterocycles. The van der Waals surface area contributed by atoms with Crippen LogP contribution in [0.25, 0.3) is 0 Å². The highest BCUT2D eigenvalue weighted by molar-refractivity contribution is 5.05. The van der Waals surface area contributed by atoms with Gasteiger partial charge >= 0.3 is 0 Å². The quantitative estimate of drug-likeness (QED) is 0.681. The molecule has 1 heterocycles. The molecular weight excluding hydrogens is 156 g/mol. The predicted octanol–water partition coefficient (Wildman–Crippen LogP) is -0.0793. The van der Waals surface area contributed by atoms with E-state index in [1.54, 1.807) is 0 Å². The van der Waals surface area contributed by atoms with E-state index in [4.69, 9.17) is 5.26 Å². The van der Waals surface area contributed by atoms with Crippen molar-refractivity contribution in [3.63, 3.8) is 0 Å². The van der Waals surface area contributed by atoms with Crippen molar-refractivity contribution in [1.82, 2.24) is 14.8 Å². The van der Waals surface area contributed by atoms with E-state index in [1.807, 2.05) is 13.0 Å². The second kappa shape index (κ2) is 3.83. The van der Waals surface area contributed by atoms with Gasteiger partial charge in [0, 0.05) is 0 Å².